The van der Waals surface area contributed by atoms with Crippen molar-refractivity contribution in [1.82, 2.24) is 0 Å². The molecular formula is C6H11N2O3S2Te. The van der Waals surface area contributed by atoms with Gasteiger partial charge in [-0.2, -0.15) is 0 Å². The molecule has 0 spiro atoms. The topological polar surface area (TPSA) is 106 Å². The standard InChI is InChI=1S/C6H11N2O3S2Te/c7-3(5(9)10)1-12-13-2-4(8)6(11)14/h3-4H,1-2,7-8H2,(H,9,10)/t3-,4-/m0/s1. The summed E-state index contributed by atoms with van der Waals surface area (Å²) in [6.07, 6.45) is 0. The van der Waals surface area contributed by atoms with Gasteiger partial charge in [-0.3, -0.25) is 0 Å². The van der Waals surface area contributed by atoms with Crippen LogP contribution < -0.4 is 11.5 Å². The summed E-state index contributed by atoms with van der Waals surface area (Å²) in [7, 11) is 2.68. The molecule has 0 aromatic carbocycles. The van der Waals surface area contributed by atoms with Gasteiger partial charge in [0, 0.05) is 0 Å². The molecule has 0 saturated heterocycles. The van der Waals surface area contributed by atoms with E-state index >= 15 is 0 Å². The molecule has 8 heteroatoms. The fourth-order valence-corrected chi connectivity index (χ4v) is 3.19. The number of carboxylic acids is 1. The molecule has 0 rings (SSSR count). The summed E-state index contributed by atoms with van der Waals surface area (Å²) < 4.78 is -0.0589. The molecule has 0 fully saturated rings. The van der Waals surface area contributed by atoms with Gasteiger partial charge in [-0.15, -0.1) is 0 Å². The first kappa shape index (κ1) is 14.5. The van der Waals surface area contributed by atoms with Crippen LogP contribution in [0.15, 0.2) is 0 Å². The second kappa shape index (κ2) is 7.79. The average molecular weight is 351 g/mol. The maximum atomic E-state index is 10.7. The molecular weight excluding hydrogens is 340 g/mol. The van der Waals surface area contributed by atoms with Crippen LogP contribution in [-0.4, -0.2) is 60.8 Å². The number of hydrogen-bond acceptors (Lipinski definition) is 6. The van der Waals surface area contributed by atoms with Crippen LogP contribution in [0.2, 0.25) is 0 Å². The van der Waals surface area contributed by atoms with Gasteiger partial charge in [-0.1, -0.05) is 0 Å². The van der Waals surface area contributed by atoms with E-state index in [1.807, 2.05) is 0 Å². The summed E-state index contributed by atoms with van der Waals surface area (Å²) in [6, 6.07) is -1.33. The Hall–Kier alpha value is 0.550. The summed E-state index contributed by atoms with van der Waals surface area (Å²) in [6.45, 7) is 0. The molecule has 5 nitrogen and oxygen atoms in total. The molecule has 0 bridgehead atoms. The maximum absolute atomic E-state index is 10.7. The zero-order valence-electron chi connectivity index (χ0n) is 7.21. The summed E-state index contributed by atoms with van der Waals surface area (Å²) in [5.74, 6) is -0.227. The van der Waals surface area contributed by atoms with E-state index in [9.17, 15) is 9.59 Å². The van der Waals surface area contributed by atoms with E-state index in [1.54, 1.807) is 0 Å². The number of rotatable bonds is 7. The van der Waals surface area contributed by atoms with Crippen LogP contribution >= 0.6 is 21.6 Å². The van der Waals surface area contributed by atoms with Crippen molar-refractivity contribution in [2.45, 2.75) is 12.1 Å². The first-order chi connectivity index (χ1) is 6.45. The summed E-state index contributed by atoms with van der Waals surface area (Å²) >= 11 is 1.36. The van der Waals surface area contributed by atoms with Gasteiger partial charge >= 0.3 is 103 Å². The summed E-state index contributed by atoms with van der Waals surface area (Å²) in [4.78, 5) is 21.0. The Bertz CT molecular complexity index is 195. The van der Waals surface area contributed by atoms with E-state index in [0.717, 1.165) is 0 Å². The second-order valence-corrected chi connectivity index (χ2v) is 6.14. The fourth-order valence-electron chi connectivity index (χ4n) is 0.382. The van der Waals surface area contributed by atoms with Crippen LogP contribution in [0.5, 0.6) is 0 Å². The van der Waals surface area contributed by atoms with Gasteiger partial charge < -0.3 is 0 Å². The SMILES string of the molecule is N[C@@H](CSSC[C@H](N)C(=O)[Te])C(=O)O. The molecule has 0 aliphatic rings. The van der Waals surface area contributed by atoms with Crippen LogP contribution in [0.4, 0.5) is 0 Å². The van der Waals surface area contributed by atoms with E-state index in [4.69, 9.17) is 16.6 Å². The van der Waals surface area contributed by atoms with Gasteiger partial charge in [0.1, 0.15) is 0 Å². The van der Waals surface area contributed by atoms with Crippen molar-refractivity contribution in [3.8, 4) is 0 Å². The van der Waals surface area contributed by atoms with E-state index < -0.39 is 18.1 Å². The first-order valence-electron chi connectivity index (χ1n) is 3.64. The molecule has 0 aliphatic heterocycles. The van der Waals surface area contributed by atoms with Crippen LogP contribution in [-0.2, 0) is 9.59 Å². The van der Waals surface area contributed by atoms with Crippen LogP contribution in [0, 0.1) is 0 Å². The number of hydrogen-bond donors (Lipinski definition) is 3. The molecule has 5 N–H and O–H groups in total. The molecule has 0 heterocycles. The van der Waals surface area contributed by atoms with Crippen molar-refractivity contribution in [1.29, 1.82) is 0 Å². The minimum absolute atomic E-state index is 0.0589. The Morgan fingerprint density at radius 2 is 1.64 bits per heavy atom. The minimum atomic E-state index is -1.02. The molecule has 0 amide bonds. The zero-order chi connectivity index (χ0) is 11.1. The predicted molar refractivity (Wildman–Crippen MR) is 59.3 cm³/mol. The molecule has 2 atom stereocenters. The van der Waals surface area contributed by atoms with Gasteiger partial charge in [0.05, 0.1) is 0 Å². The number of aliphatic carboxylic acids is 1. The van der Waals surface area contributed by atoms with Crippen molar-refractivity contribution in [3.63, 3.8) is 0 Å². The van der Waals surface area contributed by atoms with Gasteiger partial charge in [0.25, 0.3) is 0 Å². The van der Waals surface area contributed by atoms with Crippen LogP contribution in [0.25, 0.3) is 0 Å². The monoisotopic (exact) mass is 353 g/mol. The fraction of sp³-hybridized carbons (Fsp3) is 0.667. The van der Waals surface area contributed by atoms with Crippen LogP contribution in [0.1, 0.15) is 0 Å². The van der Waals surface area contributed by atoms with Gasteiger partial charge in [-0.25, -0.2) is 0 Å². The van der Waals surface area contributed by atoms with Gasteiger partial charge in [0.2, 0.25) is 0 Å². The molecule has 0 aliphatic carbocycles. The predicted octanol–water partition coefficient (Wildman–Crippen LogP) is -1.20. The third kappa shape index (κ3) is 6.92. The third-order valence-electron chi connectivity index (χ3n) is 1.20. The van der Waals surface area contributed by atoms with Crippen molar-refractivity contribution in [2.24, 2.45) is 11.5 Å². The average Bonchev–Trinajstić information content (AvgIpc) is 2.11. The Kier molecular flexibility index (Phi) is 8.10. The molecule has 0 unspecified atom stereocenters. The van der Waals surface area contributed by atoms with E-state index in [1.165, 1.54) is 43.9 Å². The van der Waals surface area contributed by atoms with Gasteiger partial charge in [-0.05, 0) is 0 Å². The molecule has 0 aromatic rings. The van der Waals surface area contributed by atoms with Crippen molar-refractivity contribution in [3.05, 3.63) is 0 Å². The Labute approximate surface area is 103 Å². The van der Waals surface area contributed by atoms with E-state index in [2.05, 4.69) is 0 Å². The number of carbonyl (C=O) groups excluding carboxylic acids is 1. The van der Waals surface area contributed by atoms with E-state index in [0.29, 0.717) is 11.5 Å². The molecule has 0 saturated carbocycles. The molecule has 0 aromatic heterocycles. The van der Waals surface area contributed by atoms with Crippen molar-refractivity contribution >= 4 is 53.7 Å². The number of nitrogens with two attached hydrogens (primary N) is 2. The number of carbonyl (C=O) groups is 2. The van der Waals surface area contributed by atoms with Crippen LogP contribution in [0.3, 0.4) is 0 Å². The molecule has 1 radical (unpaired) electrons. The molecule has 14 heavy (non-hydrogen) atoms. The Morgan fingerprint density at radius 3 is 2.00 bits per heavy atom. The number of carboxylic acid groups (broad SMARTS) is 1. The van der Waals surface area contributed by atoms with Gasteiger partial charge in [0.15, 0.2) is 0 Å². The van der Waals surface area contributed by atoms with Crippen molar-refractivity contribution in [2.75, 3.05) is 11.5 Å². The second-order valence-electron chi connectivity index (χ2n) is 2.44. The van der Waals surface area contributed by atoms with Crippen molar-refractivity contribution < 1.29 is 14.7 Å². The Balaban J connectivity index is 3.47. The zero-order valence-corrected chi connectivity index (χ0v) is 11.2. The quantitative estimate of drug-likeness (QED) is 0.301. The normalized spacial score (nSPS) is 14.7. The first-order valence-corrected chi connectivity index (χ1v) is 7.29. The Morgan fingerprint density at radius 1 is 1.21 bits per heavy atom. The summed E-state index contributed by atoms with van der Waals surface area (Å²) in [5, 5.41) is 8.45. The molecule has 81 valence electrons. The third-order valence-corrected chi connectivity index (χ3v) is 4.54. The summed E-state index contributed by atoms with van der Waals surface area (Å²) in [5.41, 5.74) is 10.7. The van der Waals surface area contributed by atoms with E-state index in [-0.39, 0.29) is 3.83 Å².